The summed E-state index contributed by atoms with van der Waals surface area (Å²) >= 11 is 0. The predicted octanol–water partition coefficient (Wildman–Crippen LogP) is 8.31. The van der Waals surface area contributed by atoms with E-state index in [1.54, 1.807) is 18.2 Å². The number of hydrogen-bond donors (Lipinski definition) is 0. The molecule has 6 heteroatoms. The molecular formula is C31H44O6. The molecule has 0 spiro atoms. The van der Waals surface area contributed by atoms with Crippen LogP contribution in [0.2, 0.25) is 0 Å². The van der Waals surface area contributed by atoms with Gasteiger partial charge in [0.2, 0.25) is 5.75 Å². The standard InChI is InChI=1S/C31H44O6/c1-6-7-8-9-10-11-12-13-21-34-29-28-26(36-25(5)32)18-15-19-27(28)37-31(33)30(29)35-22-20-24(4)17-14-16-23(2)3/h15-16,18-20H,6-14,17,21-22H2,1-5H3/b24-20+. The van der Waals surface area contributed by atoms with Crippen molar-refractivity contribution in [2.75, 3.05) is 13.2 Å². The summed E-state index contributed by atoms with van der Waals surface area (Å²) in [5.74, 6) is 0.0738. The molecule has 0 atom stereocenters. The van der Waals surface area contributed by atoms with Gasteiger partial charge < -0.3 is 18.6 Å². The molecule has 0 aliphatic heterocycles. The molecule has 1 heterocycles. The van der Waals surface area contributed by atoms with E-state index in [9.17, 15) is 9.59 Å². The van der Waals surface area contributed by atoms with Crippen LogP contribution >= 0.6 is 0 Å². The van der Waals surface area contributed by atoms with Crippen LogP contribution in [0.15, 0.2) is 50.7 Å². The third-order valence-electron chi connectivity index (χ3n) is 6.06. The number of hydrogen-bond acceptors (Lipinski definition) is 6. The number of carbonyl (C=O) groups is 1. The Hall–Kier alpha value is -3.02. The summed E-state index contributed by atoms with van der Waals surface area (Å²) < 4.78 is 23.0. The van der Waals surface area contributed by atoms with E-state index in [0.717, 1.165) is 32.1 Å². The summed E-state index contributed by atoms with van der Waals surface area (Å²) in [7, 11) is 0. The molecule has 0 radical (unpaired) electrons. The van der Waals surface area contributed by atoms with E-state index in [1.807, 2.05) is 13.0 Å². The molecule has 0 saturated carbocycles. The van der Waals surface area contributed by atoms with Gasteiger partial charge in [0.25, 0.3) is 0 Å². The SMILES string of the molecule is CCCCCCCCCCOc1c(OC/C=C(\C)CCC=C(C)C)c(=O)oc2cccc(OC(C)=O)c12. The molecule has 204 valence electrons. The van der Waals surface area contributed by atoms with E-state index in [4.69, 9.17) is 18.6 Å². The smallest absolute Gasteiger partial charge is 0.383 e. The second-order valence-corrected chi connectivity index (χ2v) is 9.78. The highest BCUT2D eigenvalue weighted by atomic mass is 16.5. The summed E-state index contributed by atoms with van der Waals surface area (Å²) in [6, 6.07) is 4.98. The van der Waals surface area contributed by atoms with Crippen molar-refractivity contribution in [1.82, 2.24) is 0 Å². The van der Waals surface area contributed by atoms with E-state index in [-0.39, 0.29) is 29.4 Å². The Morgan fingerprint density at radius 1 is 0.892 bits per heavy atom. The first-order chi connectivity index (χ1) is 17.8. The second kappa shape index (κ2) is 16.7. The fourth-order valence-corrected chi connectivity index (χ4v) is 4.04. The average molecular weight is 513 g/mol. The van der Waals surface area contributed by atoms with Crippen molar-refractivity contribution in [3.05, 3.63) is 51.9 Å². The van der Waals surface area contributed by atoms with Gasteiger partial charge in [-0.2, -0.15) is 0 Å². The van der Waals surface area contributed by atoms with Crippen molar-refractivity contribution >= 4 is 16.9 Å². The molecule has 0 fully saturated rings. The number of allylic oxidation sites excluding steroid dienone is 3. The van der Waals surface area contributed by atoms with Gasteiger partial charge in [0.1, 0.15) is 23.3 Å². The fraction of sp³-hybridized carbons (Fsp3) is 0.548. The topological polar surface area (TPSA) is 75.0 Å². The number of rotatable bonds is 17. The van der Waals surface area contributed by atoms with Gasteiger partial charge in [-0.25, -0.2) is 4.79 Å². The van der Waals surface area contributed by atoms with Crippen molar-refractivity contribution in [2.45, 2.75) is 98.8 Å². The number of fused-ring (bicyclic) bond motifs is 1. The van der Waals surface area contributed by atoms with E-state index in [1.165, 1.54) is 50.2 Å². The lowest BCUT2D eigenvalue weighted by molar-refractivity contribution is -0.131. The maximum Gasteiger partial charge on any atom is 0.383 e. The number of esters is 1. The third-order valence-corrected chi connectivity index (χ3v) is 6.06. The Kier molecular flexibility index (Phi) is 13.6. The minimum Gasteiger partial charge on any atom is -0.489 e. The minimum atomic E-state index is -0.617. The third kappa shape index (κ3) is 10.9. The number of ether oxygens (including phenoxy) is 3. The van der Waals surface area contributed by atoms with Gasteiger partial charge >= 0.3 is 11.6 Å². The first kappa shape index (κ1) is 30.2. The zero-order chi connectivity index (χ0) is 27.0. The molecular weight excluding hydrogens is 468 g/mol. The Balaban J connectivity index is 2.19. The zero-order valence-electron chi connectivity index (χ0n) is 23.3. The van der Waals surface area contributed by atoms with Crippen LogP contribution in [0, 0.1) is 0 Å². The van der Waals surface area contributed by atoms with Crippen LogP contribution in [-0.4, -0.2) is 19.2 Å². The Morgan fingerprint density at radius 3 is 2.27 bits per heavy atom. The summed E-state index contributed by atoms with van der Waals surface area (Å²) in [4.78, 5) is 24.6. The second-order valence-electron chi connectivity index (χ2n) is 9.78. The van der Waals surface area contributed by atoms with E-state index in [0.29, 0.717) is 12.0 Å². The fourth-order valence-electron chi connectivity index (χ4n) is 4.04. The lowest BCUT2D eigenvalue weighted by Gasteiger charge is -2.15. The molecule has 0 amide bonds. The normalized spacial score (nSPS) is 11.4. The molecule has 1 aromatic heterocycles. The van der Waals surface area contributed by atoms with Crippen LogP contribution in [0.3, 0.4) is 0 Å². The van der Waals surface area contributed by atoms with Crippen LogP contribution in [-0.2, 0) is 4.79 Å². The highest BCUT2D eigenvalue weighted by Gasteiger charge is 2.21. The van der Waals surface area contributed by atoms with Crippen LogP contribution in [0.25, 0.3) is 11.0 Å². The highest BCUT2D eigenvalue weighted by Crippen LogP contribution is 2.39. The summed E-state index contributed by atoms with van der Waals surface area (Å²) in [6.07, 6.45) is 15.4. The van der Waals surface area contributed by atoms with Crippen LogP contribution in [0.4, 0.5) is 0 Å². The number of carbonyl (C=O) groups excluding carboxylic acids is 1. The van der Waals surface area contributed by atoms with Crippen molar-refractivity contribution in [3.63, 3.8) is 0 Å². The molecule has 6 nitrogen and oxygen atoms in total. The molecule has 0 aliphatic carbocycles. The van der Waals surface area contributed by atoms with Crippen molar-refractivity contribution in [1.29, 1.82) is 0 Å². The first-order valence-electron chi connectivity index (χ1n) is 13.7. The van der Waals surface area contributed by atoms with Gasteiger partial charge in [-0.15, -0.1) is 0 Å². The van der Waals surface area contributed by atoms with Gasteiger partial charge in [0.05, 0.1) is 6.61 Å². The average Bonchev–Trinajstić information content (AvgIpc) is 2.83. The maximum atomic E-state index is 12.9. The van der Waals surface area contributed by atoms with Crippen molar-refractivity contribution in [2.24, 2.45) is 0 Å². The molecule has 1 aromatic carbocycles. The van der Waals surface area contributed by atoms with E-state index >= 15 is 0 Å². The summed E-state index contributed by atoms with van der Waals surface area (Å²) in [5.41, 5.74) is 2.13. The lowest BCUT2D eigenvalue weighted by Crippen LogP contribution is -2.12. The molecule has 0 N–H and O–H groups in total. The predicted molar refractivity (Wildman–Crippen MR) is 150 cm³/mol. The Morgan fingerprint density at radius 2 is 1.59 bits per heavy atom. The Bertz CT molecular complexity index is 1100. The molecule has 0 saturated heterocycles. The molecule has 0 aliphatic rings. The van der Waals surface area contributed by atoms with Gasteiger partial charge in [-0.1, -0.05) is 75.2 Å². The van der Waals surface area contributed by atoms with Crippen molar-refractivity contribution in [3.8, 4) is 17.2 Å². The van der Waals surface area contributed by atoms with Crippen LogP contribution < -0.4 is 19.8 Å². The maximum absolute atomic E-state index is 12.9. The monoisotopic (exact) mass is 512 g/mol. The van der Waals surface area contributed by atoms with Gasteiger partial charge in [-0.05, 0) is 58.2 Å². The number of unbranched alkanes of at least 4 members (excludes halogenated alkanes) is 7. The van der Waals surface area contributed by atoms with E-state index < -0.39 is 11.6 Å². The van der Waals surface area contributed by atoms with E-state index in [2.05, 4.69) is 26.8 Å². The Labute approximate surface area is 221 Å². The summed E-state index contributed by atoms with van der Waals surface area (Å²) in [5, 5.41) is 0.427. The molecule has 37 heavy (non-hydrogen) atoms. The van der Waals surface area contributed by atoms with Gasteiger partial charge in [0, 0.05) is 6.92 Å². The molecule has 2 aromatic rings. The lowest BCUT2D eigenvalue weighted by atomic mass is 10.1. The molecule has 0 bridgehead atoms. The highest BCUT2D eigenvalue weighted by molar-refractivity contribution is 5.93. The van der Waals surface area contributed by atoms with Crippen molar-refractivity contribution < 1.29 is 23.4 Å². The molecule has 0 unspecified atom stereocenters. The summed E-state index contributed by atoms with van der Waals surface area (Å²) in [6.45, 7) is 10.4. The van der Waals surface area contributed by atoms with Gasteiger partial charge in [-0.3, -0.25) is 4.79 Å². The van der Waals surface area contributed by atoms with Crippen LogP contribution in [0.1, 0.15) is 98.8 Å². The van der Waals surface area contributed by atoms with Gasteiger partial charge in [0.15, 0.2) is 5.75 Å². The van der Waals surface area contributed by atoms with Crippen LogP contribution in [0.5, 0.6) is 17.2 Å². The minimum absolute atomic E-state index is 0.0000149. The largest absolute Gasteiger partial charge is 0.489 e. The zero-order valence-corrected chi connectivity index (χ0v) is 23.3. The quantitative estimate of drug-likeness (QED) is 0.0697. The first-order valence-corrected chi connectivity index (χ1v) is 13.7. The molecule has 2 rings (SSSR count). The number of benzene rings is 1.